The van der Waals surface area contributed by atoms with E-state index in [-0.39, 0.29) is 6.61 Å². The molecule has 0 fully saturated rings. The average molecular weight is 273 g/mol. The predicted molar refractivity (Wildman–Crippen MR) is 72.6 cm³/mol. The first-order valence-electron chi connectivity index (χ1n) is 6.29. The van der Waals surface area contributed by atoms with Crippen molar-refractivity contribution in [2.45, 2.75) is 45.0 Å². The van der Waals surface area contributed by atoms with E-state index in [0.29, 0.717) is 24.3 Å². The normalized spacial score (nSPS) is 13.6. The maximum Gasteiger partial charge on any atom is 0.165 e. The molecular weight excluding hydrogens is 252 g/mol. The van der Waals surface area contributed by atoms with Crippen LogP contribution < -0.4 is 0 Å². The molecule has 0 aliphatic rings. The highest BCUT2D eigenvalue weighted by molar-refractivity contribution is 6.31. The maximum atomic E-state index is 10.1. The lowest BCUT2D eigenvalue weighted by atomic mass is 10.1. The van der Waals surface area contributed by atoms with Gasteiger partial charge >= 0.3 is 0 Å². The molecule has 0 radical (unpaired) electrons. The second kappa shape index (κ2) is 7.10. The third-order valence-corrected chi connectivity index (χ3v) is 3.47. The number of ether oxygens (including phenoxy) is 1. The van der Waals surface area contributed by atoms with Crippen molar-refractivity contribution in [1.29, 1.82) is 0 Å². The van der Waals surface area contributed by atoms with E-state index in [1.165, 1.54) is 0 Å². The molecule has 0 aliphatic carbocycles. The van der Waals surface area contributed by atoms with E-state index in [4.69, 9.17) is 16.3 Å². The lowest BCUT2D eigenvalue weighted by molar-refractivity contribution is -0.238. The van der Waals surface area contributed by atoms with Crippen molar-refractivity contribution in [1.82, 2.24) is 0 Å². The van der Waals surface area contributed by atoms with Crippen molar-refractivity contribution in [3.63, 3.8) is 0 Å². The van der Waals surface area contributed by atoms with Gasteiger partial charge in [-0.05, 0) is 24.5 Å². The van der Waals surface area contributed by atoms with Crippen molar-refractivity contribution < 1.29 is 14.9 Å². The van der Waals surface area contributed by atoms with Crippen molar-refractivity contribution in [3.05, 3.63) is 34.9 Å². The van der Waals surface area contributed by atoms with Gasteiger partial charge in [0.05, 0.1) is 12.7 Å². The molecule has 0 bridgehead atoms. The summed E-state index contributed by atoms with van der Waals surface area (Å²) in [6.07, 6.45) is 1.01. The van der Waals surface area contributed by atoms with E-state index in [1.54, 1.807) is 6.07 Å². The van der Waals surface area contributed by atoms with Gasteiger partial charge in [-0.2, -0.15) is 0 Å². The molecule has 102 valence electrons. The Balaban J connectivity index is 2.71. The molecule has 0 saturated heterocycles. The van der Waals surface area contributed by atoms with Gasteiger partial charge in [-0.15, -0.1) is 0 Å². The Morgan fingerprint density at radius 1 is 1.28 bits per heavy atom. The summed E-state index contributed by atoms with van der Waals surface area (Å²) in [6.45, 7) is 3.56. The number of halogens is 1. The molecule has 2 N–H and O–H groups in total. The van der Waals surface area contributed by atoms with E-state index >= 15 is 0 Å². The molecule has 0 aliphatic heterocycles. The molecule has 0 saturated carbocycles. The molecular formula is C14H21ClO3. The first kappa shape index (κ1) is 15.4. The zero-order valence-electron chi connectivity index (χ0n) is 10.9. The van der Waals surface area contributed by atoms with Crippen molar-refractivity contribution in [2.75, 3.05) is 6.61 Å². The van der Waals surface area contributed by atoms with E-state index in [2.05, 4.69) is 0 Å². The van der Waals surface area contributed by atoms with Gasteiger partial charge in [0.2, 0.25) is 0 Å². The average Bonchev–Trinajstić information content (AvgIpc) is 2.40. The fourth-order valence-corrected chi connectivity index (χ4v) is 1.99. The molecule has 3 nitrogen and oxygen atoms in total. The number of aliphatic hydroxyl groups is 2. The third kappa shape index (κ3) is 4.25. The number of hydrogen-bond donors (Lipinski definition) is 2. The molecule has 1 aromatic rings. The van der Waals surface area contributed by atoms with Crippen molar-refractivity contribution in [2.24, 2.45) is 0 Å². The van der Waals surface area contributed by atoms with E-state index in [0.717, 1.165) is 5.56 Å². The van der Waals surface area contributed by atoms with E-state index in [1.807, 2.05) is 32.0 Å². The third-order valence-electron chi connectivity index (χ3n) is 3.10. The summed E-state index contributed by atoms with van der Waals surface area (Å²) in [4.78, 5) is 0. The molecule has 1 atom stereocenters. The Morgan fingerprint density at radius 2 is 1.89 bits per heavy atom. The van der Waals surface area contributed by atoms with Crippen LogP contribution in [0.4, 0.5) is 0 Å². The van der Waals surface area contributed by atoms with Crippen LogP contribution in [-0.4, -0.2) is 28.7 Å². The molecule has 1 rings (SSSR count). The zero-order chi connectivity index (χ0) is 13.6. The standard InChI is InChI=1S/C14H21ClO3/c1-3-14(17,4-2)18-12(10-16)9-11-7-5-6-8-13(11)15/h5-8,12,16-17H,3-4,9-10H2,1-2H3. The van der Waals surface area contributed by atoms with E-state index in [9.17, 15) is 10.2 Å². The predicted octanol–water partition coefficient (Wildman–Crippen LogP) is 2.77. The monoisotopic (exact) mass is 272 g/mol. The molecule has 0 aromatic heterocycles. The Hall–Kier alpha value is -0.610. The fourth-order valence-electron chi connectivity index (χ4n) is 1.78. The lowest BCUT2D eigenvalue weighted by Crippen LogP contribution is -2.38. The molecule has 4 heteroatoms. The molecule has 18 heavy (non-hydrogen) atoms. The Bertz CT molecular complexity index is 364. The lowest BCUT2D eigenvalue weighted by Gasteiger charge is -2.30. The molecule has 0 heterocycles. The topological polar surface area (TPSA) is 49.7 Å². The summed E-state index contributed by atoms with van der Waals surface area (Å²) in [7, 11) is 0. The smallest absolute Gasteiger partial charge is 0.165 e. The maximum absolute atomic E-state index is 10.1. The van der Waals surface area contributed by atoms with Crippen LogP contribution in [0.3, 0.4) is 0 Å². The summed E-state index contributed by atoms with van der Waals surface area (Å²) in [5.74, 6) is -1.17. The van der Waals surface area contributed by atoms with Gasteiger partial charge in [0, 0.05) is 11.4 Å². The zero-order valence-corrected chi connectivity index (χ0v) is 11.7. The summed E-state index contributed by atoms with van der Waals surface area (Å²) in [5.41, 5.74) is 0.910. The summed E-state index contributed by atoms with van der Waals surface area (Å²) in [6, 6.07) is 7.44. The highest BCUT2D eigenvalue weighted by Crippen LogP contribution is 2.23. The summed E-state index contributed by atoms with van der Waals surface area (Å²) < 4.78 is 5.59. The molecule has 1 unspecified atom stereocenters. The second-order valence-corrected chi connectivity index (χ2v) is 4.78. The highest BCUT2D eigenvalue weighted by atomic mass is 35.5. The minimum absolute atomic E-state index is 0.145. The molecule has 0 amide bonds. The van der Waals surface area contributed by atoms with Crippen LogP contribution in [0.2, 0.25) is 5.02 Å². The molecule has 0 spiro atoms. The summed E-state index contributed by atoms with van der Waals surface area (Å²) >= 11 is 6.06. The Morgan fingerprint density at radius 3 is 2.39 bits per heavy atom. The van der Waals surface area contributed by atoms with Gasteiger partial charge in [0.25, 0.3) is 0 Å². The van der Waals surface area contributed by atoms with Crippen LogP contribution in [0.25, 0.3) is 0 Å². The minimum Gasteiger partial charge on any atom is -0.394 e. The number of aliphatic hydroxyl groups excluding tert-OH is 1. The van der Waals surface area contributed by atoms with Crippen LogP contribution in [0.15, 0.2) is 24.3 Å². The van der Waals surface area contributed by atoms with Crippen molar-refractivity contribution in [3.8, 4) is 0 Å². The SMILES string of the molecule is CCC(O)(CC)OC(CO)Cc1ccccc1Cl. The fraction of sp³-hybridized carbons (Fsp3) is 0.571. The quantitative estimate of drug-likeness (QED) is 0.751. The molecule has 1 aromatic carbocycles. The summed E-state index contributed by atoms with van der Waals surface area (Å²) in [5, 5.41) is 20.1. The first-order valence-corrected chi connectivity index (χ1v) is 6.67. The number of benzene rings is 1. The highest BCUT2D eigenvalue weighted by Gasteiger charge is 2.27. The number of hydrogen-bond acceptors (Lipinski definition) is 3. The van der Waals surface area contributed by atoms with Crippen LogP contribution in [0, 0.1) is 0 Å². The van der Waals surface area contributed by atoms with Gasteiger partial charge in [-0.3, -0.25) is 0 Å². The van der Waals surface area contributed by atoms with Gasteiger partial charge in [-0.1, -0.05) is 43.6 Å². The largest absolute Gasteiger partial charge is 0.394 e. The van der Waals surface area contributed by atoms with Gasteiger partial charge in [0.15, 0.2) is 5.79 Å². The Labute approximate surface area is 113 Å². The number of rotatable bonds is 7. The van der Waals surface area contributed by atoms with Crippen molar-refractivity contribution >= 4 is 11.6 Å². The van der Waals surface area contributed by atoms with Crippen LogP contribution >= 0.6 is 11.6 Å². The van der Waals surface area contributed by atoms with Crippen LogP contribution in [0.5, 0.6) is 0 Å². The minimum atomic E-state index is -1.17. The van der Waals surface area contributed by atoms with Crippen LogP contribution in [-0.2, 0) is 11.2 Å². The van der Waals surface area contributed by atoms with Gasteiger partial charge in [-0.25, -0.2) is 0 Å². The van der Waals surface area contributed by atoms with Gasteiger partial charge < -0.3 is 14.9 Å². The van der Waals surface area contributed by atoms with Crippen LogP contribution in [0.1, 0.15) is 32.3 Å². The Kier molecular flexibility index (Phi) is 6.09. The van der Waals surface area contributed by atoms with Gasteiger partial charge in [0.1, 0.15) is 0 Å². The second-order valence-electron chi connectivity index (χ2n) is 4.37. The van der Waals surface area contributed by atoms with E-state index < -0.39 is 11.9 Å². The first-order chi connectivity index (χ1) is 8.54.